The van der Waals surface area contributed by atoms with Crippen molar-refractivity contribution >= 4 is 104 Å². The van der Waals surface area contributed by atoms with E-state index >= 15 is 0 Å². The highest BCUT2D eigenvalue weighted by atomic mass is 35.5. The maximum absolute atomic E-state index is 12.1. The number of anilines is 12. The summed E-state index contributed by atoms with van der Waals surface area (Å²) in [5.41, 5.74) is 7.65. The Balaban J connectivity index is 0.000000158. The van der Waals surface area contributed by atoms with E-state index in [0.717, 1.165) is 152 Å². The summed E-state index contributed by atoms with van der Waals surface area (Å²) in [5, 5.41) is 71.0. The average Bonchev–Trinajstić information content (AvgIpc) is 1.76. The fourth-order valence-electron chi connectivity index (χ4n) is 15.9. The molecule has 0 atom stereocenters. The van der Waals surface area contributed by atoms with Crippen LogP contribution in [0.2, 0.25) is 5.02 Å². The Kier molecular flexibility index (Phi) is 30.8. The van der Waals surface area contributed by atoms with E-state index in [1.54, 1.807) is 67.5 Å². The van der Waals surface area contributed by atoms with Gasteiger partial charge in [0.2, 0.25) is 0 Å². The van der Waals surface area contributed by atoms with Crippen LogP contribution in [0.25, 0.3) is 0 Å². The van der Waals surface area contributed by atoms with Gasteiger partial charge in [-0.3, -0.25) is 19.2 Å². The van der Waals surface area contributed by atoms with E-state index in [1.807, 2.05) is 55.5 Å². The first-order valence-electron chi connectivity index (χ1n) is 42.7. The van der Waals surface area contributed by atoms with Crippen LogP contribution in [0.3, 0.4) is 0 Å². The van der Waals surface area contributed by atoms with Gasteiger partial charge >= 0.3 is 29.9 Å². The Hall–Kier alpha value is -11.4. The Morgan fingerprint density at radius 2 is 0.959 bits per heavy atom. The van der Waals surface area contributed by atoms with E-state index < -0.39 is 40.1 Å². The second-order valence-corrected chi connectivity index (χ2v) is 35.1. The number of hydrogen-bond acceptors (Lipinski definition) is 23. The van der Waals surface area contributed by atoms with Crippen molar-refractivity contribution < 1.29 is 49.1 Å². The highest BCUT2D eigenvalue weighted by Gasteiger charge is 2.49. The molecule has 8 N–H and O–H groups in total. The number of carbonyl (C=O) groups is 4. The first-order valence-corrected chi connectivity index (χ1v) is 43.1. The smallest absolute Gasteiger partial charge is 0.316 e. The van der Waals surface area contributed by atoms with Gasteiger partial charge in [0.15, 0.2) is 11.6 Å². The van der Waals surface area contributed by atoms with Crippen LogP contribution < -0.4 is 45.6 Å². The molecule has 0 spiro atoms. The van der Waals surface area contributed by atoms with Crippen molar-refractivity contribution in [3.05, 3.63) is 167 Å². The predicted octanol–water partition coefficient (Wildman–Crippen LogP) is 18.4. The zero-order chi connectivity index (χ0) is 86.7. The average molecular weight is 1670 g/mol. The van der Waals surface area contributed by atoms with Gasteiger partial charge in [-0.2, -0.15) is 10.5 Å². The van der Waals surface area contributed by atoms with Gasteiger partial charge in [-0.1, -0.05) is 84.5 Å². The molecule has 0 bridgehead atoms. The number of aromatic nitrogens is 7. The minimum atomic E-state index is -0.855. The molecule has 642 valence electrons. The lowest BCUT2D eigenvalue weighted by Gasteiger charge is -2.39. The normalized spacial score (nSPS) is 16.0. The molecule has 5 aliphatic carbocycles. The molecule has 14 rings (SSSR count). The number of carboxylic acid groups (broad SMARTS) is 4. The van der Waals surface area contributed by atoms with Gasteiger partial charge in [-0.25, -0.2) is 34.9 Å². The summed E-state index contributed by atoms with van der Waals surface area (Å²) in [6.45, 7) is 30.3. The molecule has 27 nitrogen and oxygen atoms in total. The third-order valence-electron chi connectivity index (χ3n) is 23.2. The van der Waals surface area contributed by atoms with Crippen molar-refractivity contribution in [1.82, 2.24) is 34.9 Å². The van der Waals surface area contributed by atoms with Crippen LogP contribution >= 0.6 is 11.6 Å². The lowest BCUT2D eigenvalue weighted by molar-refractivity contribution is -0.148. The van der Waals surface area contributed by atoms with Crippen LogP contribution in [0.4, 0.5) is 68.9 Å². The molecule has 0 unspecified atom stereocenters. The van der Waals surface area contributed by atoms with Gasteiger partial charge in [0.05, 0.1) is 97.6 Å². The van der Waals surface area contributed by atoms with Crippen LogP contribution in [0.15, 0.2) is 128 Å². The topological polar surface area (TPSA) is 367 Å². The second-order valence-electron chi connectivity index (χ2n) is 34.7. The first kappa shape index (κ1) is 90.3. The summed E-state index contributed by atoms with van der Waals surface area (Å²) in [6, 6.07) is 31.8. The Labute approximate surface area is 716 Å². The van der Waals surface area contributed by atoms with Crippen molar-refractivity contribution in [2.75, 3.05) is 93.4 Å². The number of ether oxygens (including phenoxy) is 2. The number of pyridine rings is 5. The number of hydrogen-bond donors (Lipinski definition) is 8. The van der Waals surface area contributed by atoms with E-state index in [0.29, 0.717) is 126 Å². The van der Waals surface area contributed by atoms with Crippen molar-refractivity contribution in [2.24, 2.45) is 29.6 Å². The molecule has 121 heavy (non-hydrogen) atoms. The van der Waals surface area contributed by atoms with E-state index in [1.165, 1.54) is 31.9 Å². The molecular weight excluding hydrogens is 1550 g/mol. The minimum Gasteiger partial charge on any atom is -0.481 e. The Bertz CT molecular complexity index is 4730. The van der Waals surface area contributed by atoms with Crippen LogP contribution in [0.1, 0.15) is 206 Å². The van der Waals surface area contributed by atoms with Gasteiger partial charge in [0.25, 0.3) is 0 Å². The van der Waals surface area contributed by atoms with Gasteiger partial charge in [0, 0.05) is 95.0 Å². The second kappa shape index (κ2) is 41.2. The third kappa shape index (κ3) is 23.4. The molecule has 1 saturated heterocycles. The van der Waals surface area contributed by atoms with Crippen LogP contribution in [0, 0.1) is 52.3 Å². The molecule has 28 heteroatoms. The number of aliphatic carboxylic acids is 4. The summed E-state index contributed by atoms with van der Waals surface area (Å²) < 4.78 is 10.9. The summed E-state index contributed by atoms with van der Waals surface area (Å²) in [4.78, 5) is 87.8. The molecule has 1 aliphatic heterocycles. The number of rotatable bonds is 35. The molecule has 0 amide bonds. The number of nitrogens with one attached hydrogen (secondary N) is 4. The Morgan fingerprint density at radius 1 is 0.504 bits per heavy atom. The summed E-state index contributed by atoms with van der Waals surface area (Å²) in [5.74, 6) is 3.16. The van der Waals surface area contributed by atoms with Crippen molar-refractivity contribution in [2.45, 2.75) is 213 Å². The fourth-order valence-corrected chi connectivity index (χ4v) is 16.0. The number of nitrogens with zero attached hydrogens (tertiary/aromatic N) is 13. The molecule has 0 radical (unpaired) electrons. The summed E-state index contributed by atoms with van der Waals surface area (Å²) in [7, 11) is 0. The summed E-state index contributed by atoms with van der Waals surface area (Å²) >= 11 is 5.98. The molecule has 2 aromatic carbocycles. The molecular formula is C93H118ClN17O10. The van der Waals surface area contributed by atoms with Crippen molar-refractivity contribution in [3.8, 4) is 18.1 Å². The van der Waals surface area contributed by atoms with Gasteiger partial charge in [0.1, 0.15) is 29.6 Å². The zero-order valence-corrected chi connectivity index (χ0v) is 72.4. The molecule has 8 aromatic rings. The lowest BCUT2D eigenvalue weighted by atomic mass is 9.64. The Morgan fingerprint density at radius 3 is 1.39 bits per heavy atom. The largest absolute Gasteiger partial charge is 0.481 e. The van der Waals surface area contributed by atoms with Gasteiger partial charge in [-0.05, 0) is 236 Å². The molecule has 7 heterocycles. The maximum Gasteiger partial charge on any atom is 0.316 e. The van der Waals surface area contributed by atoms with E-state index in [4.69, 9.17) is 41.6 Å². The zero-order valence-electron chi connectivity index (χ0n) is 71.6. The highest BCUT2D eigenvalue weighted by Crippen LogP contribution is 2.50. The molecule has 5 saturated carbocycles. The first-order chi connectivity index (χ1) is 58.0. The highest BCUT2D eigenvalue weighted by molar-refractivity contribution is 6.30. The SMILES string of the molecule is CC(C)CN(CC(C)C)c1ncc(C2(C(=O)O)CCC2)cc1Nc1ccc(Cl)cn1.CC(C)N(CC1CC1)c1ccc(C2(C(=O)O)CCC2)cc1Nc1ccc(C#N)cn1.CC(C)N(CC1CC1)c1ncc(C2(C(=O)O)CCC2)cc1Nc1ccc(C#N)cn1.CCOc1ncc(Nc2cc(CC(=O)O)ccc2N(CC(C)C)C2CCOCC2)cn1. The maximum atomic E-state index is 12.1. The van der Waals surface area contributed by atoms with Gasteiger partial charge in [-0.15, -0.1) is 0 Å². The van der Waals surface area contributed by atoms with E-state index in [9.17, 15) is 39.6 Å². The fraction of sp³-hybridized carbons (Fsp3) is 0.495. The third-order valence-corrected chi connectivity index (χ3v) is 23.5. The van der Waals surface area contributed by atoms with Crippen LogP contribution in [-0.4, -0.2) is 150 Å². The predicted molar refractivity (Wildman–Crippen MR) is 474 cm³/mol. The van der Waals surface area contributed by atoms with Crippen LogP contribution in [-0.2, 0) is 46.6 Å². The summed E-state index contributed by atoms with van der Waals surface area (Å²) in [6.07, 6.45) is 25.1. The number of nitriles is 2. The number of carboxylic acids is 4. The lowest BCUT2D eigenvalue weighted by Crippen LogP contribution is -2.42. The van der Waals surface area contributed by atoms with E-state index in [2.05, 4.69) is 153 Å². The van der Waals surface area contributed by atoms with Crippen molar-refractivity contribution in [1.29, 1.82) is 10.5 Å². The van der Waals surface area contributed by atoms with E-state index in [-0.39, 0.29) is 12.5 Å². The molecule has 6 fully saturated rings. The number of halogens is 1. The minimum absolute atomic E-state index is 0.0316. The van der Waals surface area contributed by atoms with Crippen LogP contribution in [0.5, 0.6) is 6.01 Å². The quantitative estimate of drug-likeness (QED) is 0.0183. The van der Waals surface area contributed by atoms with Crippen molar-refractivity contribution in [3.63, 3.8) is 0 Å². The molecule has 6 aromatic heterocycles. The monoisotopic (exact) mass is 1670 g/mol. The van der Waals surface area contributed by atoms with Gasteiger partial charge < -0.3 is 70.8 Å². The standard InChI is InChI=1S/C24H28N4O2.C23H31ClN4O2.C23H27N5O2.C23H32N4O4/c1-16(2)28(15-17-4-5-17)21-8-7-19(24(23(29)30)10-3-11-24)12-20(21)27-22-9-6-18(13-25)14-26-22;1-15(2)13-28(14-16(3)4)21-19(27-20-7-6-18(24)12-25-20)10-17(11-26-21)23(22(29)30)8-5-9-23;1-15(2)28(14-16-4-5-16)21-19(27-20-7-6-17(11-24)12-25-20)10-18(13-26-21)23(22(29)30)8-3-9-23;1-4-31-23-24-13-18(14-25-23)26-20-11-17(12-22(28)29)5-6-21(20)27(15-16(2)3)19-7-9-30-10-8-19/h6-9,12,14,16-17H,3-5,10-11,15H2,1-2H3,(H,26,27)(H,29,30);6-7,10-12,15-16H,5,8-9,13-14H2,1-4H3,(H,25,27)(H,29,30);6-7,10,12-13,15-16H,3-5,8-9,14H2,1-2H3,(H,25,27)(H,29,30);5-6,11,13-14,16,19,26H,4,7-10,12,15H2,1-3H3,(H,28,29). The molecule has 6 aliphatic rings. The number of benzene rings is 2.